The largest absolute Gasteiger partial charge is 0.351 e. The van der Waals surface area contributed by atoms with Crippen molar-refractivity contribution >= 4 is 17.4 Å². The van der Waals surface area contributed by atoms with Crippen molar-refractivity contribution in [2.24, 2.45) is 5.73 Å². The lowest BCUT2D eigenvalue weighted by Gasteiger charge is -2.08. The minimum absolute atomic E-state index is 0.250. The fourth-order valence-corrected chi connectivity index (χ4v) is 1.61. The molecular formula is C13H12ClN3O. The first-order valence-electron chi connectivity index (χ1n) is 5.45. The van der Waals surface area contributed by atoms with Crippen LogP contribution in [0.15, 0.2) is 36.8 Å². The van der Waals surface area contributed by atoms with Gasteiger partial charge in [-0.1, -0.05) is 23.7 Å². The van der Waals surface area contributed by atoms with E-state index in [9.17, 15) is 4.79 Å². The maximum Gasteiger partial charge on any atom is 0.163 e. The highest BCUT2D eigenvalue weighted by atomic mass is 35.5. The van der Waals surface area contributed by atoms with Crippen molar-refractivity contribution < 1.29 is 4.79 Å². The quantitative estimate of drug-likeness (QED) is 0.859. The number of ketones is 1. The molecule has 0 saturated carbocycles. The zero-order chi connectivity index (χ0) is 13.0. The topological polar surface area (TPSA) is 71.8 Å². The van der Waals surface area contributed by atoms with Crippen LogP contribution >= 0.6 is 11.6 Å². The number of nitrogens with one attached hydrogen (secondary N) is 1. The number of benzene rings is 1. The normalized spacial score (nSPS) is 12.3. The number of hydrogen-bond donors (Lipinski definition) is 2. The van der Waals surface area contributed by atoms with Gasteiger partial charge in [-0.15, -0.1) is 0 Å². The van der Waals surface area contributed by atoms with Crippen molar-refractivity contribution in [1.82, 2.24) is 9.97 Å². The summed E-state index contributed by atoms with van der Waals surface area (Å²) in [5.74, 6) is -0.250. The van der Waals surface area contributed by atoms with E-state index in [1.165, 1.54) is 0 Å². The molecule has 3 N–H and O–H groups in total. The van der Waals surface area contributed by atoms with Gasteiger partial charge < -0.3 is 10.7 Å². The van der Waals surface area contributed by atoms with E-state index in [4.69, 9.17) is 17.3 Å². The van der Waals surface area contributed by atoms with Crippen LogP contribution in [-0.2, 0) is 11.2 Å². The first kappa shape index (κ1) is 12.8. The molecule has 0 aliphatic heterocycles. The lowest BCUT2D eigenvalue weighted by atomic mass is 10.0. The highest BCUT2D eigenvalue weighted by Gasteiger charge is 2.16. The molecule has 0 aliphatic rings. The first-order valence-corrected chi connectivity index (χ1v) is 5.82. The lowest BCUT2D eigenvalue weighted by molar-refractivity contribution is -0.116. The highest BCUT2D eigenvalue weighted by molar-refractivity contribution is 6.30. The molecule has 0 spiro atoms. The van der Waals surface area contributed by atoms with Crippen LogP contribution in [-0.4, -0.2) is 21.8 Å². The molecule has 1 heterocycles. The monoisotopic (exact) mass is 261 g/mol. The average Bonchev–Trinajstić information content (AvgIpc) is 2.85. The fraction of sp³-hybridized carbons (Fsp3) is 0.154. The van der Waals surface area contributed by atoms with Crippen LogP contribution < -0.4 is 5.73 Å². The summed E-state index contributed by atoms with van der Waals surface area (Å²) in [6, 6.07) is 6.22. The number of Topliss-reactive ketones (excluding diaryl/α,β-unsaturated/α-hetero) is 1. The standard InChI is InChI=1S/C13H12ClN3O/c14-10-3-1-9(2-4-10)5-13(18)12(15)6-11-7-16-8-17-11/h1-4,7-8,12H,6,15H2,(H,16,17)/t12-/m0/s1. The number of nitrogens with two attached hydrogens (primary N) is 1. The van der Waals surface area contributed by atoms with Gasteiger partial charge in [0.15, 0.2) is 5.78 Å². The second kappa shape index (κ2) is 5.80. The molecule has 5 heteroatoms. The second-order valence-corrected chi connectivity index (χ2v) is 4.30. The van der Waals surface area contributed by atoms with Crippen LogP contribution in [0.5, 0.6) is 0 Å². The van der Waals surface area contributed by atoms with Crippen molar-refractivity contribution in [3.05, 3.63) is 59.5 Å². The summed E-state index contributed by atoms with van der Waals surface area (Å²) < 4.78 is 0. The van der Waals surface area contributed by atoms with Crippen LogP contribution in [0.25, 0.3) is 0 Å². The van der Waals surface area contributed by atoms with Gasteiger partial charge >= 0.3 is 0 Å². The Balaban J connectivity index is 1.93. The Kier molecular flexibility index (Phi) is 4.12. The van der Waals surface area contributed by atoms with Gasteiger partial charge in [-0.25, -0.2) is 4.98 Å². The zero-order valence-corrected chi connectivity index (χ0v) is 10.3. The number of H-pyrrole nitrogens is 1. The van der Waals surface area contributed by atoms with Gasteiger partial charge in [0.25, 0.3) is 0 Å². The third-order valence-electron chi connectivity index (χ3n) is 2.43. The predicted molar refractivity (Wildman–Crippen MR) is 69.1 cm³/mol. The van der Waals surface area contributed by atoms with Crippen LogP contribution in [0, 0.1) is 6.42 Å². The molecule has 0 aliphatic carbocycles. The number of aromatic nitrogens is 2. The van der Waals surface area contributed by atoms with Crippen molar-refractivity contribution in [3.63, 3.8) is 0 Å². The number of rotatable bonds is 5. The molecule has 4 nitrogen and oxygen atoms in total. The third kappa shape index (κ3) is 3.42. The minimum atomic E-state index is -0.635. The maximum absolute atomic E-state index is 11.8. The summed E-state index contributed by atoms with van der Waals surface area (Å²) in [6.45, 7) is 0. The van der Waals surface area contributed by atoms with Crippen molar-refractivity contribution in [2.75, 3.05) is 0 Å². The number of halogens is 1. The van der Waals surface area contributed by atoms with Gasteiger partial charge in [0.2, 0.25) is 0 Å². The van der Waals surface area contributed by atoms with E-state index in [0.717, 1.165) is 5.69 Å². The molecule has 0 amide bonds. The molecule has 2 aromatic rings. The summed E-state index contributed by atoms with van der Waals surface area (Å²) >= 11 is 5.76. The van der Waals surface area contributed by atoms with Crippen molar-refractivity contribution in [2.45, 2.75) is 12.5 Å². The van der Waals surface area contributed by atoms with Crippen molar-refractivity contribution in [1.29, 1.82) is 0 Å². The summed E-state index contributed by atoms with van der Waals surface area (Å²) in [5, 5.41) is 0.619. The average molecular weight is 262 g/mol. The van der Waals surface area contributed by atoms with Gasteiger partial charge in [0.1, 0.15) is 0 Å². The number of imidazole rings is 1. The van der Waals surface area contributed by atoms with Gasteiger partial charge in [-0.2, -0.15) is 0 Å². The van der Waals surface area contributed by atoms with Gasteiger partial charge in [-0.3, -0.25) is 4.79 Å². The van der Waals surface area contributed by atoms with E-state index in [-0.39, 0.29) is 5.78 Å². The van der Waals surface area contributed by atoms with Crippen LogP contribution in [0.4, 0.5) is 0 Å². The van der Waals surface area contributed by atoms with Crippen LogP contribution in [0.1, 0.15) is 11.3 Å². The van der Waals surface area contributed by atoms with Crippen LogP contribution in [0.2, 0.25) is 5.02 Å². The van der Waals surface area contributed by atoms with E-state index in [1.54, 1.807) is 36.8 Å². The number of nitrogens with zero attached hydrogens (tertiary/aromatic N) is 1. The first-order chi connectivity index (χ1) is 8.65. The molecule has 1 atom stereocenters. The summed E-state index contributed by atoms with van der Waals surface area (Å²) in [4.78, 5) is 18.7. The Bertz CT molecular complexity index is 508. The number of hydrogen-bond acceptors (Lipinski definition) is 3. The summed E-state index contributed by atoms with van der Waals surface area (Å²) in [5.41, 5.74) is 7.22. The predicted octanol–water partition coefficient (Wildman–Crippen LogP) is 1.63. The number of carbonyl (C=O) groups is 1. The molecule has 1 aromatic carbocycles. The molecule has 0 fully saturated rings. The van der Waals surface area contributed by atoms with Gasteiger partial charge in [-0.05, 0) is 17.7 Å². The Labute approximate surface area is 110 Å². The molecule has 2 radical (unpaired) electrons. The molecule has 2 rings (SSSR count). The van der Waals surface area contributed by atoms with E-state index in [2.05, 4.69) is 16.4 Å². The Hall–Kier alpha value is -1.65. The van der Waals surface area contributed by atoms with E-state index < -0.39 is 6.04 Å². The molecular weight excluding hydrogens is 250 g/mol. The van der Waals surface area contributed by atoms with E-state index in [0.29, 0.717) is 17.0 Å². The molecule has 0 saturated heterocycles. The highest BCUT2D eigenvalue weighted by Crippen LogP contribution is 2.12. The zero-order valence-electron chi connectivity index (χ0n) is 9.56. The van der Waals surface area contributed by atoms with Crippen LogP contribution in [0.3, 0.4) is 0 Å². The van der Waals surface area contributed by atoms with Gasteiger partial charge in [0.05, 0.1) is 24.5 Å². The fourth-order valence-electron chi connectivity index (χ4n) is 1.49. The van der Waals surface area contributed by atoms with Crippen molar-refractivity contribution in [3.8, 4) is 0 Å². The molecule has 0 bridgehead atoms. The molecule has 1 aromatic heterocycles. The van der Waals surface area contributed by atoms with Gasteiger partial charge in [0, 0.05) is 17.6 Å². The Morgan fingerprint density at radius 3 is 2.78 bits per heavy atom. The smallest absolute Gasteiger partial charge is 0.163 e. The third-order valence-corrected chi connectivity index (χ3v) is 2.68. The lowest BCUT2D eigenvalue weighted by Crippen LogP contribution is -2.33. The summed E-state index contributed by atoms with van der Waals surface area (Å²) in [6.07, 6.45) is 6.38. The minimum Gasteiger partial charge on any atom is -0.351 e. The molecule has 18 heavy (non-hydrogen) atoms. The maximum atomic E-state index is 11.8. The summed E-state index contributed by atoms with van der Waals surface area (Å²) in [7, 11) is 0. The number of carbonyl (C=O) groups excluding carboxylic acids is 1. The SMILES string of the molecule is N[C@@H](Cc1c[nH]cn1)C(=O)[C]c1ccc(Cl)cc1. The van der Waals surface area contributed by atoms with E-state index >= 15 is 0 Å². The second-order valence-electron chi connectivity index (χ2n) is 3.87. The molecule has 92 valence electrons. The Morgan fingerprint density at radius 2 is 2.17 bits per heavy atom. The number of aromatic amines is 1. The molecule has 0 unspecified atom stereocenters. The van der Waals surface area contributed by atoms with E-state index in [1.807, 2.05) is 0 Å². The Morgan fingerprint density at radius 1 is 1.44 bits per heavy atom.